The van der Waals surface area contributed by atoms with Gasteiger partial charge in [0.25, 0.3) is 5.91 Å². The molecular weight excluding hydrogens is 429 g/mol. The number of halogens is 4. The summed E-state index contributed by atoms with van der Waals surface area (Å²) in [5, 5.41) is 4.72. The van der Waals surface area contributed by atoms with Gasteiger partial charge in [0.15, 0.2) is 5.11 Å². The van der Waals surface area contributed by atoms with Crippen LogP contribution >= 0.6 is 23.8 Å². The molecule has 2 N–H and O–H groups in total. The van der Waals surface area contributed by atoms with Crippen LogP contribution in [-0.4, -0.2) is 24.2 Å². The van der Waals surface area contributed by atoms with Crippen LogP contribution in [0.3, 0.4) is 0 Å². The Labute approximate surface area is 176 Å². The molecule has 0 unspecified atom stereocenters. The largest absolute Gasteiger partial charge is 0.494 e. The van der Waals surface area contributed by atoms with Crippen LogP contribution in [0.5, 0.6) is 11.5 Å². The summed E-state index contributed by atoms with van der Waals surface area (Å²) in [4.78, 5) is 12.5. The molecule has 5 nitrogen and oxygen atoms in total. The maximum atomic E-state index is 12.9. The molecule has 0 saturated heterocycles. The number of rotatable bonds is 6. The van der Waals surface area contributed by atoms with Gasteiger partial charge < -0.3 is 14.8 Å². The molecule has 0 radical (unpaired) electrons. The van der Waals surface area contributed by atoms with E-state index in [1.807, 2.05) is 0 Å². The van der Waals surface area contributed by atoms with Crippen molar-refractivity contribution < 1.29 is 27.4 Å². The van der Waals surface area contributed by atoms with Gasteiger partial charge in [-0.3, -0.25) is 10.1 Å². The van der Waals surface area contributed by atoms with Crippen molar-refractivity contribution in [3.8, 4) is 11.5 Å². The highest BCUT2D eigenvalue weighted by molar-refractivity contribution is 7.80. The van der Waals surface area contributed by atoms with Gasteiger partial charge in [-0.2, -0.15) is 13.2 Å². The monoisotopic (exact) mass is 446 g/mol. The molecule has 29 heavy (non-hydrogen) atoms. The molecule has 10 heteroatoms. The molecule has 2 aromatic rings. The predicted molar refractivity (Wildman–Crippen MR) is 109 cm³/mol. The number of thiocarbonyl (C=S) groups is 1. The highest BCUT2D eigenvalue weighted by Gasteiger charge is 2.31. The summed E-state index contributed by atoms with van der Waals surface area (Å²) in [5.41, 5.74) is -0.771. The minimum absolute atomic E-state index is 0.0200. The van der Waals surface area contributed by atoms with E-state index in [0.717, 1.165) is 18.2 Å². The smallest absolute Gasteiger partial charge is 0.416 e. The van der Waals surface area contributed by atoms with E-state index in [-0.39, 0.29) is 21.4 Å². The molecule has 1 amide bonds. The van der Waals surface area contributed by atoms with E-state index in [1.165, 1.54) is 12.1 Å². The third kappa shape index (κ3) is 6.50. The number of hydrogen-bond donors (Lipinski definition) is 2. The van der Waals surface area contributed by atoms with Crippen LogP contribution in [-0.2, 0) is 6.18 Å². The zero-order valence-electron chi connectivity index (χ0n) is 15.5. The lowest BCUT2D eigenvalue weighted by Gasteiger charge is -2.14. The number of carbonyl (C=O) groups excluding carboxylic acids is 1. The van der Waals surface area contributed by atoms with Crippen molar-refractivity contribution in [3.05, 3.63) is 52.5 Å². The molecule has 0 aliphatic carbocycles. The van der Waals surface area contributed by atoms with Gasteiger partial charge in [-0.15, -0.1) is 0 Å². The Balaban J connectivity index is 2.16. The quantitative estimate of drug-likeness (QED) is 0.591. The molecular formula is C19H18ClF3N2O3S. The summed E-state index contributed by atoms with van der Waals surface area (Å²) >= 11 is 11.0. The first kappa shape index (κ1) is 22.8. The maximum Gasteiger partial charge on any atom is 0.416 e. The fourth-order valence-corrected chi connectivity index (χ4v) is 2.70. The van der Waals surface area contributed by atoms with Gasteiger partial charge in [-0.05, 0) is 56.4 Å². The third-order valence-electron chi connectivity index (χ3n) is 3.53. The molecule has 0 aliphatic rings. The van der Waals surface area contributed by atoms with Gasteiger partial charge in [-0.1, -0.05) is 11.6 Å². The molecule has 2 aromatic carbocycles. The Morgan fingerprint density at radius 1 is 1.07 bits per heavy atom. The molecule has 156 valence electrons. The summed E-state index contributed by atoms with van der Waals surface area (Å²) < 4.78 is 49.4. The number of benzene rings is 2. The lowest BCUT2D eigenvalue weighted by Crippen LogP contribution is -2.34. The van der Waals surface area contributed by atoms with E-state index in [0.29, 0.717) is 24.7 Å². The van der Waals surface area contributed by atoms with Crippen LogP contribution < -0.4 is 20.1 Å². The minimum atomic E-state index is -4.54. The van der Waals surface area contributed by atoms with Crippen molar-refractivity contribution in [2.45, 2.75) is 20.0 Å². The maximum absolute atomic E-state index is 12.9. The normalized spacial score (nSPS) is 11.0. The van der Waals surface area contributed by atoms with Crippen molar-refractivity contribution in [2.24, 2.45) is 0 Å². The second kappa shape index (κ2) is 9.80. The molecule has 0 bridgehead atoms. The fourth-order valence-electron chi connectivity index (χ4n) is 2.33. The topological polar surface area (TPSA) is 59.6 Å². The number of nitrogens with one attached hydrogen (secondary N) is 2. The van der Waals surface area contributed by atoms with Crippen LogP contribution in [0.2, 0.25) is 5.02 Å². The third-order valence-corrected chi connectivity index (χ3v) is 4.07. The molecule has 0 aliphatic heterocycles. The lowest BCUT2D eigenvalue weighted by molar-refractivity contribution is -0.137. The first-order valence-corrected chi connectivity index (χ1v) is 9.32. The standard InChI is InChI=1S/C19H18ClF3N2O3S/c1-3-27-13-7-11(8-14(10-13)28-4-2)17(26)25-18(29)24-16-9-12(19(21,22)23)5-6-15(16)20/h5-10H,3-4H2,1-2H3,(H2,24,25,26,29). The van der Waals surface area contributed by atoms with Crippen molar-refractivity contribution in [1.82, 2.24) is 5.32 Å². The van der Waals surface area contributed by atoms with E-state index in [2.05, 4.69) is 10.6 Å². The Morgan fingerprint density at radius 2 is 1.66 bits per heavy atom. The summed E-state index contributed by atoms with van der Waals surface area (Å²) in [6.07, 6.45) is -4.54. The van der Waals surface area contributed by atoms with Crippen molar-refractivity contribution in [1.29, 1.82) is 0 Å². The van der Waals surface area contributed by atoms with Crippen molar-refractivity contribution >= 4 is 40.5 Å². The van der Waals surface area contributed by atoms with Crippen molar-refractivity contribution in [3.63, 3.8) is 0 Å². The second-order valence-electron chi connectivity index (χ2n) is 5.66. The summed E-state index contributed by atoms with van der Waals surface area (Å²) in [7, 11) is 0. The van der Waals surface area contributed by atoms with Gasteiger partial charge in [0.2, 0.25) is 0 Å². The van der Waals surface area contributed by atoms with E-state index in [9.17, 15) is 18.0 Å². The minimum Gasteiger partial charge on any atom is -0.494 e. The van der Waals surface area contributed by atoms with Gasteiger partial charge >= 0.3 is 6.18 Å². The van der Waals surface area contributed by atoms with Crippen molar-refractivity contribution in [2.75, 3.05) is 18.5 Å². The van der Waals surface area contributed by atoms with Crippen LogP contribution in [0.4, 0.5) is 18.9 Å². The number of hydrogen-bond acceptors (Lipinski definition) is 4. The Bertz CT molecular complexity index is 883. The average molecular weight is 447 g/mol. The molecule has 2 rings (SSSR count). The number of amides is 1. The Morgan fingerprint density at radius 3 is 2.17 bits per heavy atom. The van der Waals surface area contributed by atoms with Gasteiger partial charge in [0.05, 0.1) is 29.5 Å². The van der Waals surface area contributed by atoms with Gasteiger partial charge in [0, 0.05) is 11.6 Å². The summed E-state index contributed by atoms with van der Waals surface area (Å²) in [6.45, 7) is 4.38. The van der Waals surface area contributed by atoms with Crippen LogP contribution in [0.25, 0.3) is 0 Å². The number of alkyl halides is 3. The predicted octanol–water partition coefficient (Wildman–Crippen LogP) is 5.28. The van der Waals surface area contributed by atoms with Gasteiger partial charge in [0.1, 0.15) is 11.5 Å². The molecule has 0 saturated carbocycles. The molecule has 0 heterocycles. The highest BCUT2D eigenvalue weighted by atomic mass is 35.5. The lowest BCUT2D eigenvalue weighted by atomic mass is 10.2. The van der Waals surface area contributed by atoms with E-state index >= 15 is 0 Å². The zero-order valence-corrected chi connectivity index (χ0v) is 17.1. The SMILES string of the molecule is CCOc1cc(OCC)cc(C(=O)NC(=S)Nc2cc(C(F)(F)F)ccc2Cl)c1. The van der Waals surface area contributed by atoms with E-state index < -0.39 is 17.6 Å². The zero-order chi connectivity index (χ0) is 21.6. The molecule has 0 spiro atoms. The van der Waals surface area contributed by atoms with E-state index in [4.69, 9.17) is 33.3 Å². The van der Waals surface area contributed by atoms with Crippen LogP contribution in [0, 0.1) is 0 Å². The number of ether oxygens (including phenoxy) is 2. The number of anilines is 1. The van der Waals surface area contributed by atoms with Crippen LogP contribution in [0.1, 0.15) is 29.8 Å². The van der Waals surface area contributed by atoms with Crippen LogP contribution in [0.15, 0.2) is 36.4 Å². The summed E-state index contributed by atoms with van der Waals surface area (Å²) in [6, 6.07) is 7.40. The van der Waals surface area contributed by atoms with E-state index in [1.54, 1.807) is 19.9 Å². The molecule has 0 fully saturated rings. The average Bonchev–Trinajstić information content (AvgIpc) is 2.63. The highest BCUT2D eigenvalue weighted by Crippen LogP contribution is 2.33. The fraction of sp³-hybridized carbons (Fsp3) is 0.263. The first-order chi connectivity index (χ1) is 13.6. The van der Waals surface area contributed by atoms with Gasteiger partial charge in [-0.25, -0.2) is 0 Å². The molecule has 0 atom stereocenters. The first-order valence-electron chi connectivity index (χ1n) is 8.53. The molecule has 0 aromatic heterocycles. The Hall–Kier alpha value is -2.52. The summed E-state index contributed by atoms with van der Waals surface area (Å²) in [5.74, 6) is 0.278. The number of carbonyl (C=O) groups is 1. The Kier molecular flexibility index (Phi) is 7.69. The second-order valence-corrected chi connectivity index (χ2v) is 6.48.